The molecule has 24 heavy (non-hydrogen) atoms. The second-order valence-corrected chi connectivity index (χ2v) is 6.70. The van der Waals surface area contributed by atoms with Crippen molar-refractivity contribution >= 4 is 16.5 Å². The summed E-state index contributed by atoms with van der Waals surface area (Å²) in [4.78, 5) is 0. The van der Waals surface area contributed by atoms with Gasteiger partial charge in [0, 0.05) is 18.8 Å². The number of allylic oxidation sites excluding steroid dienone is 1. The van der Waals surface area contributed by atoms with Gasteiger partial charge in [0.1, 0.15) is 0 Å². The normalized spacial score (nSPS) is 11.1. The zero-order valence-corrected chi connectivity index (χ0v) is 15.1. The van der Waals surface area contributed by atoms with Gasteiger partial charge in [-0.2, -0.15) is 0 Å². The third-order valence-electron chi connectivity index (χ3n) is 4.84. The number of rotatable bonds is 6. The third-order valence-corrected chi connectivity index (χ3v) is 4.84. The second kappa shape index (κ2) is 7.09. The molecule has 0 fully saturated rings. The maximum absolute atomic E-state index is 4.41. The van der Waals surface area contributed by atoms with E-state index in [1.165, 1.54) is 45.2 Å². The molecular weight excluding hydrogens is 290 g/mol. The van der Waals surface area contributed by atoms with E-state index in [4.69, 9.17) is 0 Å². The molecule has 1 heteroatoms. The van der Waals surface area contributed by atoms with Crippen LogP contribution in [0.25, 0.3) is 16.5 Å². The van der Waals surface area contributed by atoms with E-state index >= 15 is 0 Å². The first-order chi connectivity index (χ1) is 11.6. The number of aromatic nitrogens is 1. The number of benzene rings is 2. The maximum atomic E-state index is 4.41. The number of hydrogen-bond donors (Lipinski definition) is 0. The van der Waals surface area contributed by atoms with E-state index in [9.17, 15) is 0 Å². The van der Waals surface area contributed by atoms with Gasteiger partial charge >= 0.3 is 0 Å². The van der Waals surface area contributed by atoms with Crippen LogP contribution in [0.2, 0.25) is 0 Å². The van der Waals surface area contributed by atoms with E-state index in [0.29, 0.717) is 0 Å². The van der Waals surface area contributed by atoms with Crippen LogP contribution in [0, 0.1) is 0 Å². The highest BCUT2D eigenvalue weighted by Gasteiger charge is 2.08. The SMILES string of the molecule is C=C(Cc1ccc2c(ccn2C)c1)c1cc(CCC)ccc1CC. The molecule has 0 aliphatic carbocycles. The van der Waals surface area contributed by atoms with Crippen molar-refractivity contribution in [3.8, 4) is 0 Å². The average Bonchev–Trinajstić information content (AvgIpc) is 2.95. The highest BCUT2D eigenvalue weighted by atomic mass is 14.9. The zero-order valence-electron chi connectivity index (χ0n) is 15.1. The van der Waals surface area contributed by atoms with Crippen LogP contribution in [0.15, 0.2) is 55.2 Å². The first-order valence-corrected chi connectivity index (χ1v) is 8.96. The Morgan fingerprint density at radius 1 is 1.00 bits per heavy atom. The smallest absolute Gasteiger partial charge is 0.0477 e. The summed E-state index contributed by atoms with van der Waals surface area (Å²) in [5, 5.41) is 1.30. The first kappa shape index (κ1) is 16.6. The van der Waals surface area contributed by atoms with Gasteiger partial charge in [0.05, 0.1) is 0 Å². The van der Waals surface area contributed by atoms with Gasteiger partial charge in [0.2, 0.25) is 0 Å². The van der Waals surface area contributed by atoms with Gasteiger partial charge in [-0.3, -0.25) is 0 Å². The predicted molar refractivity (Wildman–Crippen MR) is 105 cm³/mol. The minimum absolute atomic E-state index is 0.910. The number of fused-ring (bicyclic) bond motifs is 1. The highest BCUT2D eigenvalue weighted by Crippen LogP contribution is 2.26. The Morgan fingerprint density at radius 2 is 1.79 bits per heavy atom. The lowest BCUT2D eigenvalue weighted by molar-refractivity contribution is 0.918. The van der Waals surface area contributed by atoms with Crippen molar-refractivity contribution in [2.45, 2.75) is 39.5 Å². The topological polar surface area (TPSA) is 4.93 Å². The van der Waals surface area contributed by atoms with Crippen LogP contribution in [0.5, 0.6) is 0 Å². The molecule has 0 saturated carbocycles. The first-order valence-electron chi connectivity index (χ1n) is 8.96. The summed E-state index contributed by atoms with van der Waals surface area (Å²) < 4.78 is 2.16. The molecule has 0 unspecified atom stereocenters. The van der Waals surface area contributed by atoms with Crippen molar-refractivity contribution in [2.24, 2.45) is 7.05 Å². The van der Waals surface area contributed by atoms with E-state index in [1.54, 1.807) is 0 Å². The summed E-state index contributed by atoms with van der Waals surface area (Å²) >= 11 is 0. The molecule has 0 aliphatic heterocycles. The van der Waals surface area contributed by atoms with Gasteiger partial charge in [0.15, 0.2) is 0 Å². The van der Waals surface area contributed by atoms with Crippen molar-refractivity contribution in [1.29, 1.82) is 0 Å². The lowest BCUT2D eigenvalue weighted by Crippen LogP contribution is -1.97. The Labute approximate surface area is 145 Å². The van der Waals surface area contributed by atoms with Gasteiger partial charge in [0.25, 0.3) is 0 Å². The number of nitrogens with zero attached hydrogens (tertiary/aromatic N) is 1. The van der Waals surface area contributed by atoms with Gasteiger partial charge in [-0.25, -0.2) is 0 Å². The molecule has 0 saturated heterocycles. The molecule has 0 bridgehead atoms. The van der Waals surface area contributed by atoms with E-state index in [2.05, 4.69) is 80.7 Å². The molecule has 2 aromatic carbocycles. The van der Waals surface area contributed by atoms with E-state index in [-0.39, 0.29) is 0 Å². The van der Waals surface area contributed by atoms with Crippen LogP contribution >= 0.6 is 0 Å². The fourth-order valence-electron chi connectivity index (χ4n) is 3.49. The Balaban J connectivity index is 1.88. The van der Waals surface area contributed by atoms with Crippen LogP contribution in [-0.2, 0) is 26.3 Å². The summed E-state index contributed by atoms with van der Waals surface area (Å²) in [6.07, 6.45) is 6.40. The van der Waals surface area contributed by atoms with Crippen molar-refractivity contribution in [2.75, 3.05) is 0 Å². The summed E-state index contributed by atoms with van der Waals surface area (Å²) in [6.45, 7) is 8.87. The Bertz CT molecular complexity index is 867. The Kier molecular flexibility index (Phi) is 4.89. The fourth-order valence-corrected chi connectivity index (χ4v) is 3.49. The molecule has 1 nitrogen and oxygen atoms in total. The van der Waals surface area contributed by atoms with Gasteiger partial charge < -0.3 is 4.57 Å². The second-order valence-electron chi connectivity index (χ2n) is 6.70. The maximum Gasteiger partial charge on any atom is 0.0477 e. The lowest BCUT2D eigenvalue weighted by Gasteiger charge is -2.13. The Morgan fingerprint density at radius 3 is 2.54 bits per heavy atom. The molecule has 0 atom stereocenters. The van der Waals surface area contributed by atoms with Crippen molar-refractivity contribution in [1.82, 2.24) is 4.57 Å². The summed E-state index contributed by atoms with van der Waals surface area (Å²) in [5.74, 6) is 0. The van der Waals surface area contributed by atoms with Crippen LogP contribution in [0.3, 0.4) is 0 Å². The fraction of sp³-hybridized carbons (Fsp3) is 0.304. The molecule has 3 aromatic rings. The minimum Gasteiger partial charge on any atom is -0.351 e. The minimum atomic E-state index is 0.910. The predicted octanol–water partition coefficient (Wildman–Crippen LogP) is 5.95. The van der Waals surface area contributed by atoms with E-state index in [1.807, 2.05) is 0 Å². The van der Waals surface area contributed by atoms with Gasteiger partial charge in [-0.15, -0.1) is 0 Å². The third kappa shape index (κ3) is 3.31. The van der Waals surface area contributed by atoms with E-state index in [0.717, 1.165) is 19.3 Å². The standard InChI is InChI=1S/C23H27N/c1-5-7-18-8-10-20(6-2)22(16-18)17(3)14-19-9-11-23-21(15-19)12-13-24(23)4/h8-13,15-16H,3,5-7,14H2,1-2,4H3. The molecule has 0 N–H and O–H groups in total. The molecule has 1 aromatic heterocycles. The van der Waals surface area contributed by atoms with Crippen LogP contribution in [-0.4, -0.2) is 4.57 Å². The average molecular weight is 317 g/mol. The van der Waals surface area contributed by atoms with Crippen LogP contribution in [0.1, 0.15) is 42.5 Å². The molecule has 124 valence electrons. The Hall–Kier alpha value is -2.28. The molecule has 3 rings (SSSR count). The molecule has 0 amide bonds. The molecular formula is C23H27N. The lowest BCUT2D eigenvalue weighted by atomic mass is 9.91. The molecule has 0 radical (unpaired) electrons. The number of aryl methyl sites for hydroxylation is 3. The molecule has 0 spiro atoms. The summed E-state index contributed by atoms with van der Waals surface area (Å²) in [6, 6.07) is 15.8. The van der Waals surface area contributed by atoms with Crippen LogP contribution in [0.4, 0.5) is 0 Å². The molecule has 0 aliphatic rings. The molecule has 1 heterocycles. The zero-order chi connectivity index (χ0) is 17.1. The van der Waals surface area contributed by atoms with Crippen LogP contribution < -0.4 is 0 Å². The summed E-state index contributed by atoms with van der Waals surface area (Å²) in [5.41, 5.74) is 8.01. The van der Waals surface area contributed by atoms with E-state index < -0.39 is 0 Å². The van der Waals surface area contributed by atoms with Crippen molar-refractivity contribution in [3.63, 3.8) is 0 Å². The quantitative estimate of drug-likeness (QED) is 0.529. The highest BCUT2D eigenvalue weighted by molar-refractivity contribution is 5.81. The largest absolute Gasteiger partial charge is 0.351 e. The van der Waals surface area contributed by atoms with Crippen molar-refractivity contribution < 1.29 is 0 Å². The number of hydrogen-bond acceptors (Lipinski definition) is 0. The van der Waals surface area contributed by atoms with Gasteiger partial charge in [-0.1, -0.05) is 51.1 Å². The van der Waals surface area contributed by atoms with Gasteiger partial charge in [-0.05, 0) is 70.7 Å². The summed E-state index contributed by atoms with van der Waals surface area (Å²) in [7, 11) is 2.09. The monoisotopic (exact) mass is 317 g/mol. The van der Waals surface area contributed by atoms with Crippen molar-refractivity contribution in [3.05, 3.63) is 77.5 Å².